The third kappa shape index (κ3) is 6.73. The largest absolute Gasteiger partial charge is 0.381 e. The van der Waals surface area contributed by atoms with Crippen molar-refractivity contribution in [2.45, 2.75) is 70.2 Å². The fourth-order valence-electron chi connectivity index (χ4n) is 7.50. The van der Waals surface area contributed by atoms with E-state index in [9.17, 15) is 14.4 Å². The van der Waals surface area contributed by atoms with E-state index in [-0.39, 0.29) is 41.5 Å². The molecule has 1 unspecified atom stereocenters. The van der Waals surface area contributed by atoms with Crippen LogP contribution in [0.3, 0.4) is 0 Å². The van der Waals surface area contributed by atoms with Crippen molar-refractivity contribution in [3.8, 4) is 22.4 Å². The van der Waals surface area contributed by atoms with E-state index in [1.807, 2.05) is 43.1 Å². The van der Waals surface area contributed by atoms with Crippen LogP contribution in [0.4, 0.5) is 0 Å². The third-order valence-corrected chi connectivity index (χ3v) is 10.7. The van der Waals surface area contributed by atoms with E-state index in [1.54, 1.807) is 25.2 Å². The van der Waals surface area contributed by atoms with Crippen LogP contribution in [-0.2, 0) is 19.1 Å². The number of carbonyl (C=O) groups excluding carboxylic acids is 2. The van der Waals surface area contributed by atoms with Crippen molar-refractivity contribution in [3.63, 3.8) is 0 Å². The third-order valence-electron chi connectivity index (χ3n) is 10.7. The predicted octanol–water partition coefficient (Wildman–Crippen LogP) is 7.08. The zero-order valence-corrected chi connectivity index (χ0v) is 29.7. The van der Waals surface area contributed by atoms with Crippen LogP contribution in [0, 0.1) is 0 Å². The Balaban J connectivity index is 1.10. The Hall–Kier alpha value is -5.06. The number of aromatic nitrogens is 3. The lowest BCUT2D eigenvalue weighted by atomic mass is 9.98. The van der Waals surface area contributed by atoms with E-state index in [0.717, 1.165) is 82.4 Å². The van der Waals surface area contributed by atoms with E-state index < -0.39 is 0 Å². The predicted molar refractivity (Wildman–Crippen MR) is 199 cm³/mol. The Bertz CT molecular complexity index is 2190. The molecule has 0 radical (unpaired) electrons. The quantitative estimate of drug-likeness (QED) is 0.152. The van der Waals surface area contributed by atoms with E-state index in [1.165, 1.54) is 0 Å². The van der Waals surface area contributed by atoms with Crippen LogP contribution in [0.5, 0.6) is 0 Å². The number of methoxy groups -OCH3 is 2. The number of H-pyrrole nitrogens is 2. The summed E-state index contributed by atoms with van der Waals surface area (Å²) in [6, 6.07) is 19.9. The zero-order valence-electron chi connectivity index (χ0n) is 29.7. The SMILES string of the molecule is C=C(C(=O)N1CCCC1c1cc(=O)c2cc(-c3ccc4cc(-c5cnc([C@@H]6CCCN6C(=O)C[C@@H](C)OC)[nH]5)ccc4c3)ccc2[nH]1)[C@@H](C)OC. The summed E-state index contributed by atoms with van der Waals surface area (Å²) in [5, 5.41) is 2.77. The van der Waals surface area contributed by atoms with Gasteiger partial charge in [-0.3, -0.25) is 14.4 Å². The number of aromatic amines is 2. The van der Waals surface area contributed by atoms with Crippen LogP contribution in [0.2, 0.25) is 0 Å². The van der Waals surface area contributed by atoms with E-state index in [2.05, 4.69) is 52.9 Å². The van der Waals surface area contributed by atoms with Gasteiger partial charge in [-0.25, -0.2) is 4.98 Å². The van der Waals surface area contributed by atoms with Gasteiger partial charge < -0.3 is 29.2 Å². The second-order valence-electron chi connectivity index (χ2n) is 13.9. The first kappa shape index (κ1) is 34.4. The Kier molecular flexibility index (Phi) is 9.63. The molecule has 0 saturated carbocycles. The molecule has 0 aliphatic carbocycles. The number of likely N-dealkylation sites (tertiary alicyclic amines) is 2. The topological polar surface area (TPSA) is 121 Å². The van der Waals surface area contributed by atoms with Gasteiger partial charge in [0.25, 0.3) is 5.91 Å². The average Bonchev–Trinajstić information content (AvgIpc) is 3.95. The molecule has 0 bridgehead atoms. The summed E-state index contributed by atoms with van der Waals surface area (Å²) in [7, 11) is 3.19. The van der Waals surface area contributed by atoms with Crippen molar-refractivity contribution >= 4 is 33.5 Å². The number of pyridine rings is 1. The van der Waals surface area contributed by atoms with Crippen molar-refractivity contribution in [1.29, 1.82) is 0 Å². The fourth-order valence-corrected chi connectivity index (χ4v) is 7.50. The van der Waals surface area contributed by atoms with Crippen LogP contribution in [0.25, 0.3) is 44.1 Å². The minimum atomic E-state index is -0.377. The summed E-state index contributed by atoms with van der Waals surface area (Å²) in [6.07, 6.45) is 5.17. The first-order valence-electron chi connectivity index (χ1n) is 17.8. The van der Waals surface area contributed by atoms with Gasteiger partial charge >= 0.3 is 0 Å². The van der Waals surface area contributed by atoms with E-state index >= 15 is 0 Å². The summed E-state index contributed by atoms with van der Waals surface area (Å²) >= 11 is 0. The Morgan fingerprint density at radius 3 is 2.27 bits per heavy atom. The highest BCUT2D eigenvalue weighted by Gasteiger charge is 2.34. The number of carbonyl (C=O) groups is 2. The van der Waals surface area contributed by atoms with Gasteiger partial charge in [0.2, 0.25) is 5.91 Å². The molecule has 0 spiro atoms. The summed E-state index contributed by atoms with van der Waals surface area (Å²) in [4.78, 5) is 55.0. The van der Waals surface area contributed by atoms with Crippen molar-refractivity contribution in [1.82, 2.24) is 24.8 Å². The maximum Gasteiger partial charge on any atom is 0.252 e. The number of amides is 2. The minimum absolute atomic E-state index is 0.0591. The molecule has 2 saturated heterocycles. The van der Waals surface area contributed by atoms with Gasteiger partial charge in [-0.2, -0.15) is 0 Å². The van der Waals surface area contributed by atoms with Gasteiger partial charge in [-0.05, 0) is 85.7 Å². The number of benzene rings is 3. The lowest BCUT2D eigenvalue weighted by Gasteiger charge is -2.27. The normalized spacial score (nSPS) is 18.8. The van der Waals surface area contributed by atoms with Crippen LogP contribution in [0.1, 0.15) is 69.6 Å². The zero-order chi connectivity index (χ0) is 35.8. The smallest absolute Gasteiger partial charge is 0.252 e. The molecule has 10 nitrogen and oxygen atoms in total. The van der Waals surface area contributed by atoms with Gasteiger partial charge in [-0.15, -0.1) is 0 Å². The molecule has 2 N–H and O–H groups in total. The first-order valence-corrected chi connectivity index (χ1v) is 17.8. The Labute approximate surface area is 297 Å². The highest BCUT2D eigenvalue weighted by molar-refractivity contribution is 5.94. The van der Waals surface area contributed by atoms with Gasteiger partial charge in [0.1, 0.15) is 5.82 Å². The van der Waals surface area contributed by atoms with Crippen LogP contribution < -0.4 is 5.43 Å². The summed E-state index contributed by atoms with van der Waals surface area (Å²) in [6.45, 7) is 9.03. The highest BCUT2D eigenvalue weighted by Crippen LogP contribution is 2.35. The van der Waals surface area contributed by atoms with Gasteiger partial charge in [-0.1, -0.05) is 36.9 Å². The molecule has 51 heavy (non-hydrogen) atoms. The molecule has 5 aromatic rings. The number of hydrogen-bond acceptors (Lipinski definition) is 6. The van der Waals surface area contributed by atoms with Crippen molar-refractivity contribution in [3.05, 3.63) is 101 Å². The average molecular weight is 688 g/mol. The standard InChI is InChI=1S/C41H45N5O5/c1-24(50-4)18-39(48)45-16-7-9-37(45)40-42-23-35(44-40)31-13-12-27-19-28(10-11-29(27)20-31)30-14-15-33-32(21-30)38(47)22-34(43-33)36-8-6-17-46(36)41(49)25(2)26(3)51-5/h10-15,19-24,26,36-37H,2,6-9,16-18H2,1,3-5H3,(H,42,44)(H,43,47)/t24-,26-,36?,37+/m1/s1. The van der Waals surface area contributed by atoms with Gasteiger partial charge in [0.05, 0.1) is 42.6 Å². The molecule has 4 atom stereocenters. The number of hydrogen-bond donors (Lipinski definition) is 2. The molecule has 2 fully saturated rings. The van der Waals surface area contributed by atoms with Crippen molar-refractivity contribution < 1.29 is 19.1 Å². The number of fused-ring (bicyclic) bond motifs is 2. The number of ether oxygens (including phenoxy) is 2. The number of nitrogens with zero attached hydrogens (tertiary/aromatic N) is 3. The number of imidazole rings is 1. The molecule has 2 amide bonds. The van der Waals surface area contributed by atoms with Crippen LogP contribution in [0.15, 0.2) is 83.8 Å². The molecule has 2 aromatic heterocycles. The molecule has 3 aromatic carbocycles. The van der Waals surface area contributed by atoms with Crippen molar-refractivity contribution in [2.24, 2.45) is 0 Å². The van der Waals surface area contributed by atoms with Crippen LogP contribution in [-0.4, -0.2) is 76.1 Å². The second kappa shape index (κ2) is 14.3. The van der Waals surface area contributed by atoms with Gasteiger partial charge in [0.15, 0.2) is 5.43 Å². The number of rotatable bonds is 10. The highest BCUT2D eigenvalue weighted by atomic mass is 16.5. The molecule has 4 heterocycles. The monoisotopic (exact) mass is 687 g/mol. The summed E-state index contributed by atoms with van der Waals surface area (Å²) in [5.74, 6) is 0.765. The van der Waals surface area contributed by atoms with E-state index in [4.69, 9.17) is 14.5 Å². The molecule has 7 rings (SSSR count). The lowest BCUT2D eigenvalue weighted by molar-refractivity contribution is -0.134. The minimum Gasteiger partial charge on any atom is -0.381 e. The maximum absolute atomic E-state index is 13.5. The maximum atomic E-state index is 13.5. The molecular weight excluding hydrogens is 642 g/mol. The Morgan fingerprint density at radius 1 is 0.863 bits per heavy atom. The lowest BCUT2D eigenvalue weighted by Crippen LogP contribution is -2.35. The molecule has 10 heteroatoms. The van der Waals surface area contributed by atoms with Crippen molar-refractivity contribution in [2.75, 3.05) is 27.3 Å². The van der Waals surface area contributed by atoms with Gasteiger partial charge in [0, 0.05) is 61.1 Å². The molecule has 264 valence electrons. The first-order chi connectivity index (χ1) is 24.6. The van der Waals surface area contributed by atoms with E-state index in [0.29, 0.717) is 23.9 Å². The second-order valence-corrected chi connectivity index (χ2v) is 13.9. The molecule has 2 aliphatic rings. The summed E-state index contributed by atoms with van der Waals surface area (Å²) < 4.78 is 10.6. The van der Waals surface area contributed by atoms with Crippen LogP contribution >= 0.6 is 0 Å². The Morgan fingerprint density at radius 2 is 1.53 bits per heavy atom. The fraction of sp³-hybridized carbons (Fsp3) is 0.366. The number of nitrogens with one attached hydrogen (secondary N) is 2. The summed E-state index contributed by atoms with van der Waals surface area (Å²) in [5.41, 5.74) is 5.69. The molecular formula is C41H45N5O5. The molecule has 2 aliphatic heterocycles.